The zero-order chi connectivity index (χ0) is 23.2. The summed E-state index contributed by atoms with van der Waals surface area (Å²) in [5.41, 5.74) is 1.50. The van der Waals surface area contributed by atoms with Crippen LogP contribution in [0.5, 0.6) is 11.5 Å². The van der Waals surface area contributed by atoms with E-state index < -0.39 is 0 Å². The lowest BCUT2D eigenvalue weighted by atomic mass is 10.1. The van der Waals surface area contributed by atoms with Gasteiger partial charge in [0.25, 0.3) is 5.91 Å². The normalized spacial score (nSPS) is 15.2. The van der Waals surface area contributed by atoms with Crippen LogP contribution in [0, 0.1) is 5.82 Å². The molecule has 3 aromatic rings. The Kier molecular flexibility index (Phi) is 7.14. The second kappa shape index (κ2) is 10.4. The highest BCUT2D eigenvalue weighted by Gasteiger charge is 2.27. The third kappa shape index (κ3) is 5.28. The lowest BCUT2D eigenvalue weighted by Crippen LogP contribution is -2.49. The van der Waals surface area contributed by atoms with Crippen molar-refractivity contribution in [1.29, 1.82) is 0 Å². The molecule has 1 atom stereocenters. The van der Waals surface area contributed by atoms with Crippen molar-refractivity contribution in [2.45, 2.75) is 6.04 Å². The lowest BCUT2D eigenvalue weighted by molar-refractivity contribution is 0.0922. The Morgan fingerprint density at radius 1 is 1.03 bits per heavy atom. The van der Waals surface area contributed by atoms with Crippen molar-refractivity contribution in [3.63, 3.8) is 0 Å². The molecule has 2 heterocycles. The molecule has 1 saturated heterocycles. The van der Waals surface area contributed by atoms with Crippen molar-refractivity contribution in [1.82, 2.24) is 10.2 Å². The van der Waals surface area contributed by atoms with Crippen molar-refractivity contribution < 1.29 is 23.1 Å². The highest BCUT2D eigenvalue weighted by molar-refractivity contribution is 5.94. The minimum absolute atomic E-state index is 0.0977. The molecule has 0 saturated carbocycles. The number of carbonyl (C=O) groups excluding carboxylic acids is 1. The quantitative estimate of drug-likeness (QED) is 0.561. The summed E-state index contributed by atoms with van der Waals surface area (Å²) in [5.74, 6) is 1.45. The number of anilines is 1. The highest BCUT2D eigenvalue weighted by Crippen LogP contribution is 2.28. The summed E-state index contributed by atoms with van der Waals surface area (Å²) >= 11 is 0. The van der Waals surface area contributed by atoms with Crippen LogP contribution in [0.15, 0.2) is 65.3 Å². The first-order valence-electron chi connectivity index (χ1n) is 10.9. The number of furan rings is 1. The van der Waals surface area contributed by atoms with Crippen molar-refractivity contribution in [3.05, 3.63) is 78.0 Å². The van der Waals surface area contributed by atoms with E-state index in [1.54, 1.807) is 43.7 Å². The lowest BCUT2D eigenvalue weighted by Gasteiger charge is -2.39. The van der Waals surface area contributed by atoms with Gasteiger partial charge < -0.3 is 24.1 Å². The Bertz CT molecular complexity index is 1050. The van der Waals surface area contributed by atoms with Gasteiger partial charge >= 0.3 is 0 Å². The van der Waals surface area contributed by atoms with E-state index in [0.717, 1.165) is 37.6 Å². The molecule has 0 spiro atoms. The first-order chi connectivity index (χ1) is 16.1. The van der Waals surface area contributed by atoms with Crippen LogP contribution in [0.1, 0.15) is 22.2 Å². The largest absolute Gasteiger partial charge is 0.493 e. The molecule has 174 valence electrons. The van der Waals surface area contributed by atoms with Crippen LogP contribution in [0.25, 0.3) is 0 Å². The van der Waals surface area contributed by atoms with Gasteiger partial charge in [0.1, 0.15) is 11.6 Å². The van der Waals surface area contributed by atoms with E-state index in [2.05, 4.69) is 15.1 Å². The third-order valence-electron chi connectivity index (χ3n) is 5.92. The fraction of sp³-hybridized carbons (Fsp3) is 0.320. The maximum atomic E-state index is 13.2. The van der Waals surface area contributed by atoms with Gasteiger partial charge in [0.2, 0.25) is 0 Å². The first kappa shape index (κ1) is 22.7. The third-order valence-corrected chi connectivity index (χ3v) is 5.92. The molecular formula is C25H28FN3O4. The predicted octanol–water partition coefficient (Wildman–Crippen LogP) is 3.73. The maximum absolute atomic E-state index is 13.2. The summed E-state index contributed by atoms with van der Waals surface area (Å²) in [6.45, 7) is 3.57. The van der Waals surface area contributed by atoms with Gasteiger partial charge in [-0.2, -0.15) is 0 Å². The molecule has 0 aliphatic carbocycles. The molecule has 0 unspecified atom stereocenters. The molecule has 0 bridgehead atoms. The topological polar surface area (TPSA) is 67.2 Å². The van der Waals surface area contributed by atoms with Crippen LogP contribution in [0.3, 0.4) is 0 Å². The molecule has 1 N–H and O–H groups in total. The number of hydrogen-bond acceptors (Lipinski definition) is 6. The standard InChI is InChI=1S/C25H28FN3O4/c1-31-23-10-5-18(16-24(23)32-2)25(30)27-17-21(22-4-3-15-33-22)29-13-11-28(12-14-29)20-8-6-19(26)7-9-20/h3-10,15-16,21H,11-14,17H2,1-2H3,(H,27,30)/t21-/m0/s1. The molecular weight excluding hydrogens is 425 g/mol. The molecule has 33 heavy (non-hydrogen) atoms. The van der Waals surface area contributed by atoms with Crippen LogP contribution in [0.4, 0.5) is 10.1 Å². The van der Waals surface area contributed by atoms with Crippen LogP contribution < -0.4 is 19.7 Å². The number of amides is 1. The Morgan fingerprint density at radius 3 is 2.39 bits per heavy atom. The molecule has 2 aromatic carbocycles. The molecule has 1 aliphatic heterocycles. The van der Waals surface area contributed by atoms with E-state index >= 15 is 0 Å². The highest BCUT2D eigenvalue weighted by atomic mass is 19.1. The number of ether oxygens (including phenoxy) is 2. The number of rotatable bonds is 8. The number of benzene rings is 2. The summed E-state index contributed by atoms with van der Waals surface area (Å²) in [5, 5.41) is 3.03. The fourth-order valence-corrected chi connectivity index (χ4v) is 4.10. The van der Waals surface area contributed by atoms with Crippen LogP contribution in [0.2, 0.25) is 0 Å². The molecule has 1 amide bonds. The number of halogens is 1. The molecule has 0 radical (unpaired) electrons. The number of methoxy groups -OCH3 is 2. The van der Waals surface area contributed by atoms with Crippen molar-refractivity contribution in [2.24, 2.45) is 0 Å². The summed E-state index contributed by atoms with van der Waals surface area (Å²) in [4.78, 5) is 17.4. The Balaban J connectivity index is 1.41. The average molecular weight is 454 g/mol. The fourth-order valence-electron chi connectivity index (χ4n) is 4.10. The van der Waals surface area contributed by atoms with Crippen molar-refractivity contribution in [2.75, 3.05) is 51.8 Å². The predicted molar refractivity (Wildman–Crippen MR) is 124 cm³/mol. The van der Waals surface area contributed by atoms with Crippen LogP contribution >= 0.6 is 0 Å². The van der Waals surface area contributed by atoms with Crippen molar-refractivity contribution in [3.8, 4) is 11.5 Å². The molecule has 1 fully saturated rings. The Labute approximate surface area is 192 Å². The van der Waals surface area contributed by atoms with Crippen molar-refractivity contribution >= 4 is 11.6 Å². The summed E-state index contributed by atoms with van der Waals surface area (Å²) in [6, 6.07) is 15.3. The van der Waals surface area contributed by atoms with Gasteiger partial charge in [-0.05, 0) is 54.6 Å². The van der Waals surface area contributed by atoms with Crippen LogP contribution in [-0.2, 0) is 0 Å². The van der Waals surface area contributed by atoms with E-state index in [4.69, 9.17) is 13.9 Å². The van der Waals surface area contributed by atoms with Gasteiger partial charge in [-0.3, -0.25) is 9.69 Å². The molecule has 7 nitrogen and oxygen atoms in total. The first-order valence-corrected chi connectivity index (χ1v) is 10.9. The van der Waals surface area contributed by atoms with E-state index in [-0.39, 0.29) is 17.8 Å². The van der Waals surface area contributed by atoms with E-state index in [1.807, 2.05) is 12.1 Å². The maximum Gasteiger partial charge on any atom is 0.251 e. The molecule has 1 aromatic heterocycles. The van der Waals surface area contributed by atoms with E-state index in [1.165, 1.54) is 19.2 Å². The van der Waals surface area contributed by atoms with E-state index in [0.29, 0.717) is 23.6 Å². The number of piperazine rings is 1. The zero-order valence-corrected chi connectivity index (χ0v) is 18.8. The number of hydrogen-bond donors (Lipinski definition) is 1. The summed E-state index contributed by atoms with van der Waals surface area (Å²) < 4.78 is 29.5. The van der Waals surface area contributed by atoms with Gasteiger partial charge in [0.15, 0.2) is 11.5 Å². The number of nitrogens with zero attached hydrogens (tertiary/aromatic N) is 2. The SMILES string of the molecule is COc1ccc(C(=O)NC[C@@H](c2ccco2)N2CCN(c3ccc(F)cc3)CC2)cc1OC. The molecule has 4 rings (SSSR count). The van der Waals surface area contributed by atoms with Gasteiger partial charge in [0.05, 0.1) is 26.5 Å². The van der Waals surface area contributed by atoms with Gasteiger partial charge in [0, 0.05) is 44.0 Å². The number of nitrogens with one attached hydrogen (secondary N) is 1. The van der Waals surface area contributed by atoms with Gasteiger partial charge in [-0.15, -0.1) is 0 Å². The molecule has 1 aliphatic rings. The minimum Gasteiger partial charge on any atom is -0.493 e. The van der Waals surface area contributed by atoms with Gasteiger partial charge in [-0.1, -0.05) is 0 Å². The Hall–Kier alpha value is -3.52. The average Bonchev–Trinajstić information content (AvgIpc) is 3.39. The Morgan fingerprint density at radius 2 is 1.76 bits per heavy atom. The van der Waals surface area contributed by atoms with Crippen LogP contribution in [-0.4, -0.2) is 57.8 Å². The monoisotopic (exact) mass is 453 g/mol. The second-order valence-electron chi connectivity index (χ2n) is 7.81. The molecule has 8 heteroatoms. The van der Waals surface area contributed by atoms with Gasteiger partial charge in [-0.25, -0.2) is 4.39 Å². The number of carbonyl (C=O) groups is 1. The smallest absolute Gasteiger partial charge is 0.251 e. The second-order valence-corrected chi connectivity index (χ2v) is 7.81. The summed E-state index contributed by atoms with van der Waals surface area (Å²) in [6.07, 6.45) is 1.65. The van der Waals surface area contributed by atoms with E-state index in [9.17, 15) is 9.18 Å². The summed E-state index contributed by atoms with van der Waals surface area (Å²) in [7, 11) is 3.10. The zero-order valence-electron chi connectivity index (χ0n) is 18.8. The minimum atomic E-state index is -0.236.